The Balaban J connectivity index is 2.98. The summed E-state index contributed by atoms with van der Waals surface area (Å²) in [4.78, 5) is -0.191. The molecule has 2 aromatic rings. The molecule has 0 fully saturated rings. The van der Waals surface area contributed by atoms with Gasteiger partial charge in [-0.2, -0.15) is 8.42 Å². The second-order valence-corrected chi connectivity index (χ2v) is 5.00. The van der Waals surface area contributed by atoms with Crippen LogP contribution in [0.3, 0.4) is 0 Å². The first kappa shape index (κ1) is 10.9. The lowest BCUT2D eigenvalue weighted by Gasteiger charge is -2.06. The van der Waals surface area contributed by atoms with Gasteiger partial charge in [0.05, 0.1) is 0 Å². The summed E-state index contributed by atoms with van der Waals surface area (Å²) in [6, 6.07) is 7.52. The van der Waals surface area contributed by atoms with Crippen LogP contribution in [0.1, 0.15) is 5.56 Å². The van der Waals surface area contributed by atoms with E-state index >= 15 is 0 Å². The van der Waals surface area contributed by atoms with Gasteiger partial charge in [-0.3, -0.25) is 4.55 Å². The lowest BCUT2D eigenvalue weighted by molar-refractivity contribution is 0.481. The monoisotopic (exact) mass is 238 g/mol. The number of hydrogen-bond acceptors (Lipinski definition) is 3. The molecule has 0 amide bonds. The van der Waals surface area contributed by atoms with Crippen LogP contribution in [-0.2, 0) is 10.1 Å². The molecule has 0 bridgehead atoms. The fraction of sp³-hybridized carbons (Fsp3) is 0.0909. The van der Waals surface area contributed by atoms with Gasteiger partial charge in [0.25, 0.3) is 10.1 Å². The smallest absolute Gasteiger partial charge is 0.295 e. The summed E-state index contributed by atoms with van der Waals surface area (Å²) in [6.45, 7) is 1.74. The number of fused-ring (bicyclic) bond motifs is 1. The predicted octanol–water partition coefficient (Wildman–Crippen LogP) is 2.10. The first-order chi connectivity index (χ1) is 7.39. The molecule has 0 aromatic heterocycles. The van der Waals surface area contributed by atoms with Crippen molar-refractivity contribution in [2.45, 2.75) is 11.8 Å². The highest BCUT2D eigenvalue weighted by Crippen LogP contribution is 2.30. The van der Waals surface area contributed by atoms with Crippen molar-refractivity contribution in [2.75, 3.05) is 0 Å². The Kier molecular flexibility index (Phi) is 2.36. The zero-order chi connectivity index (χ0) is 11.9. The maximum Gasteiger partial charge on any atom is 0.295 e. The average Bonchev–Trinajstić information content (AvgIpc) is 2.15. The topological polar surface area (TPSA) is 74.6 Å². The van der Waals surface area contributed by atoms with Crippen LogP contribution in [0.5, 0.6) is 5.75 Å². The molecule has 0 radical (unpaired) electrons. The molecule has 84 valence electrons. The van der Waals surface area contributed by atoms with Gasteiger partial charge >= 0.3 is 0 Å². The van der Waals surface area contributed by atoms with E-state index in [0.29, 0.717) is 10.8 Å². The molecule has 2 rings (SSSR count). The number of aryl methyl sites for hydroxylation is 1. The Hall–Kier alpha value is -1.59. The van der Waals surface area contributed by atoms with E-state index in [1.54, 1.807) is 19.1 Å². The minimum absolute atomic E-state index is 0.000463. The molecule has 0 saturated heterocycles. The van der Waals surface area contributed by atoms with Gasteiger partial charge in [0.2, 0.25) is 0 Å². The number of benzene rings is 2. The second kappa shape index (κ2) is 3.47. The molecule has 0 aliphatic carbocycles. The zero-order valence-corrected chi connectivity index (χ0v) is 9.32. The Morgan fingerprint density at radius 1 is 1.12 bits per heavy atom. The molecule has 0 aliphatic heterocycles. The largest absolute Gasteiger partial charge is 0.507 e. The van der Waals surface area contributed by atoms with Crippen LogP contribution >= 0.6 is 0 Å². The molecule has 16 heavy (non-hydrogen) atoms. The molecule has 0 heterocycles. The summed E-state index contributed by atoms with van der Waals surface area (Å²) >= 11 is 0. The van der Waals surface area contributed by atoms with Gasteiger partial charge in [0.15, 0.2) is 0 Å². The van der Waals surface area contributed by atoms with Gasteiger partial charge < -0.3 is 5.11 Å². The molecular formula is C11H10O4S. The highest BCUT2D eigenvalue weighted by atomic mass is 32.2. The van der Waals surface area contributed by atoms with E-state index in [2.05, 4.69) is 0 Å². The first-order valence-corrected chi connectivity index (χ1v) is 6.03. The summed E-state index contributed by atoms with van der Waals surface area (Å²) in [7, 11) is -4.27. The van der Waals surface area contributed by atoms with Gasteiger partial charge in [-0.15, -0.1) is 0 Å². The Morgan fingerprint density at radius 2 is 1.81 bits per heavy atom. The van der Waals surface area contributed by atoms with Crippen molar-refractivity contribution < 1.29 is 18.1 Å². The van der Waals surface area contributed by atoms with Crippen LogP contribution in [0.25, 0.3) is 10.8 Å². The van der Waals surface area contributed by atoms with Crippen LogP contribution in [0.15, 0.2) is 35.2 Å². The molecule has 0 saturated carbocycles. The van der Waals surface area contributed by atoms with Crippen LogP contribution in [0, 0.1) is 6.92 Å². The van der Waals surface area contributed by atoms with Crippen molar-refractivity contribution in [2.24, 2.45) is 0 Å². The average molecular weight is 238 g/mol. The third-order valence-electron chi connectivity index (χ3n) is 2.36. The lowest BCUT2D eigenvalue weighted by Crippen LogP contribution is -1.99. The highest BCUT2D eigenvalue weighted by Gasteiger charge is 2.15. The molecule has 4 nitrogen and oxygen atoms in total. The van der Waals surface area contributed by atoms with E-state index in [-0.39, 0.29) is 10.6 Å². The Bertz CT molecular complexity index is 659. The van der Waals surface area contributed by atoms with Crippen molar-refractivity contribution in [1.82, 2.24) is 0 Å². The standard InChI is InChI=1S/C11H10O4S/c1-7-5-9-8(10(12)6-7)3-2-4-11(9)16(13,14)15/h2-6,12H,1H3,(H,13,14,15). The second-order valence-electron chi connectivity index (χ2n) is 3.61. The van der Waals surface area contributed by atoms with Gasteiger partial charge in [0.1, 0.15) is 10.6 Å². The maximum atomic E-state index is 11.1. The van der Waals surface area contributed by atoms with E-state index in [1.807, 2.05) is 0 Å². The third kappa shape index (κ3) is 1.75. The van der Waals surface area contributed by atoms with E-state index in [1.165, 1.54) is 18.2 Å². The zero-order valence-electron chi connectivity index (χ0n) is 8.51. The van der Waals surface area contributed by atoms with Gasteiger partial charge in [-0.25, -0.2) is 0 Å². The van der Waals surface area contributed by atoms with E-state index < -0.39 is 10.1 Å². The molecule has 0 spiro atoms. The third-order valence-corrected chi connectivity index (χ3v) is 3.27. The number of rotatable bonds is 1. The summed E-state index contributed by atoms with van der Waals surface area (Å²) in [5, 5.41) is 10.4. The van der Waals surface area contributed by atoms with Crippen LogP contribution in [0.2, 0.25) is 0 Å². The van der Waals surface area contributed by atoms with E-state index in [9.17, 15) is 13.5 Å². The van der Waals surface area contributed by atoms with Crippen molar-refractivity contribution in [3.63, 3.8) is 0 Å². The molecule has 0 aliphatic rings. The number of phenols is 1. The van der Waals surface area contributed by atoms with E-state index in [4.69, 9.17) is 4.55 Å². The van der Waals surface area contributed by atoms with Gasteiger partial charge in [-0.05, 0) is 30.7 Å². The fourth-order valence-electron chi connectivity index (χ4n) is 1.70. The molecule has 2 aromatic carbocycles. The van der Waals surface area contributed by atoms with E-state index in [0.717, 1.165) is 5.56 Å². The number of hydrogen-bond donors (Lipinski definition) is 2. The highest BCUT2D eigenvalue weighted by molar-refractivity contribution is 7.86. The normalized spacial score (nSPS) is 11.9. The molecule has 0 unspecified atom stereocenters. The van der Waals surface area contributed by atoms with Crippen LogP contribution in [0.4, 0.5) is 0 Å². The number of aromatic hydroxyl groups is 1. The van der Waals surface area contributed by atoms with Crippen molar-refractivity contribution in [3.05, 3.63) is 35.9 Å². The van der Waals surface area contributed by atoms with Crippen LogP contribution < -0.4 is 0 Å². The molecule has 5 heteroatoms. The van der Waals surface area contributed by atoms with Gasteiger partial charge in [0, 0.05) is 10.8 Å². The van der Waals surface area contributed by atoms with Crippen molar-refractivity contribution in [3.8, 4) is 5.75 Å². The minimum Gasteiger partial charge on any atom is -0.507 e. The predicted molar refractivity (Wildman–Crippen MR) is 60.2 cm³/mol. The molecular weight excluding hydrogens is 228 g/mol. The summed E-state index contributed by atoms with van der Waals surface area (Å²) in [5.74, 6) is 0.000463. The maximum absolute atomic E-state index is 11.1. The SMILES string of the molecule is Cc1cc(O)c2cccc(S(=O)(=O)O)c2c1. The Morgan fingerprint density at radius 3 is 2.44 bits per heavy atom. The van der Waals surface area contributed by atoms with Crippen LogP contribution in [-0.4, -0.2) is 18.1 Å². The van der Waals surface area contributed by atoms with Crippen molar-refractivity contribution in [1.29, 1.82) is 0 Å². The molecule has 0 atom stereocenters. The Labute approximate surface area is 92.9 Å². The van der Waals surface area contributed by atoms with Crippen molar-refractivity contribution >= 4 is 20.9 Å². The minimum atomic E-state index is -4.27. The summed E-state index contributed by atoms with van der Waals surface area (Å²) in [6.07, 6.45) is 0. The lowest BCUT2D eigenvalue weighted by atomic mass is 10.1. The molecule has 2 N–H and O–H groups in total. The first-order valence-electron chi connectivity index (χ1n) is 4.59. The summed E-state index contributed by atoms with van der Waals surface area (Å²) < 4.78 is 31.3. The quantitative estimate of drug-likeness (QED) is 0.746. The fourth-order valence-corrected chi connectivity index (χ4v) is 2.40. The number of phenolic OH excluding ortho intramolecular Hbond substituents is 1. The van der Waals surface area contributed by atoms with Gasteiger partial charge in [-0.1, -0.05) is 12.1 Å². The summed E-state index contributed by atoms with van der Waals surface area (Å²) in [5.41, 5.74) is 0.723.